The van der Waals surface area contributed by atoms with Gasteiger partial charge in [-0.15, -0.1) is 0 Å². The van der Waals surface area contributed by atoms with Gasteiger partial charge in [-0.1, -0.05) is 6.92 Å². The molecule has 3 N–H and O–H groups in total. The first kappa shape index (κ1) is 14.0. The molecule has 0 aromatic heterocycles. The second kappa shape index (κ2) is 6.05. The molecule has 5 heteroatoms. The van der Waals surface area contributed by atoms with Crippen molar-refractivity contribution in [1.29, 1.82) is 0 Å². The highest BCUT2D eigenvalue weighted by Gasteiger charge is 2.18. The Bertz CT molecular complexity index is 428. The lowest BCUT2D eigenvalue weighted by Gasteiger charge is -2.20. The van der Waals surface area contributed by atoms with Crippen LogP contribution in [0.5, 0.6) is 0 Å². The van der Waals surface area contributed by atoms with E-state index in [0.29, 0.717) is 17.8 Å². The standard InChI is InChI=1S/C13H19N3O2/c1-9(12(17)15-2)8-16(3)13(18)10-4-6-11(14)7-5-10/h4-7,9H,8,14H2,1-3H3,(H,15,17). The van der Waals surface area contributed by atoms with Crippen LogP contribution in [-0.2, 0) is 4.79 Å². The summed E-state index contributed by atoms with van der Waals surface area (Å²) < 4.78 is 0. The van der Waals surface area contributed by atoms with E-state index in [2.05, 4.69) is 5.32 Å². The van der Waals surface area contributed by atoms with Crippen LogP contribution >= 0.6 is 0 Å². The molecular formula is C13H19N3O2. The predicted molar refractivity (Wildman–Crippen MR) is 71.0 cm³/mol. The summed E-state index contributed by atoms with van der Waals surface area (Å²) >= 11 is 0. The van der Waals surface area contributed by atoms with Crippen molar-refractivity contribution in [3.05, 3.63) is 29.8 Å². The summed E-state index contributed by atoms with van der Waals surface area (Å²) in [7, 11) is 3.26. The van der Waals surface area contributed by atoms with Crippen molar-refractivity contribution in [2.45, 2.75) is 6.92 Å². The van der Waals surface area contributed by atoms with Gasteiger partial charge in [-0.3, -0.25) is 9.59 Å². The first-order valence-corrected chi connectivity index (χ1v) is 5.78. The first-order chi connectivity index (χ1) is 8.45. The van der Waals surface area contributed by atoms with Crippen molar-refractivity contribution in [3.8, 4) is 0 Å². The van der Waals surface area contributed by atoms with E-state index in [1.807, 2.05) is 0 Å². The highest BCUT2D eigenvalue weighted by Crippen LogP contribution is 2.09. The minimum Gasteiger partial charge on any atom is -0.399 e. The van der Waals surface area contributed by atoms with Gasteiger partial charge in [0.15, 0.2) is 0 Å². The van der Waals surface area contributed by atoms with E-state index in [9.17, 15) is 9.59 Å². The third-order valence-corrected chi connectivity index (χ3v) is 2.75. The maximum atomic E-state index is 12.1. The SMILES string of the molecule is CNC(=O)C(C)CN(C)C(=O)c1ccc(N)cc1. The molecule has 0 spiro atoms. The zero-order chi connectivity index (χ0) is 13.7. The maximum absolute atomic E-state index is 12.1. The lowest BCUT2D eigenvalue weighted by Crippen LogP contribution is -2.37. The van der Waals surface area contributed by atoms with Crippen LogP contribution in [0, 0.1) is 5.92 Å². The minimum atomic E-state index is -0.238. The molecule has 0 heterocycles. The number of hydrogen-bond donors (Lipinski definition) is 2. The third kappa shape index (κ3) is 3.48. The molecule has 98 valence electrons. The van der Waals surface area contributed by atoms with Crippen LogP contribution in [0.4, 0.5) is 5.69 Å². The number of nitrogens with two attached hydrogens (primary N) is 1. The summed E-state index contributed by atoms with van der Waals surface area (Å²) in [5, 5.41) is 2.56. The van der Waals surface area contributed by atoms with E-state index in [1.54, 1.807) is 45.3 Å². The van der Waals surface area contributed by atoms with Gasteiger partial charge >= 0.3 is 0 Å². The second-order valence-corrected chi connectivity index (χ2v) is 4.32. The molecular weight excluding hydrogens is 230 g/mol. The monoisotopic (exact) mass is 249 g/mol. The normalized spacial score (nSPS) is 11.7. The van der Waals surface area contributed by atoms with Gasteiger partial charge in [0.25, 0.3) is 5.91 Å². The Morgan fingerprint density at radius 2 is 1.89 bits per heavy atom. The van der Waals surface area contributed by atoms with Gasteiger partial charge in [0.1, 0.15) is 0 Å². The summed E-state index contributed by atoms with van der Waals surface area (Å²) in [4.78, 5) is 25.0. The van der Waals surface area contributed by atoms with Gasteiger partial charge in [0.2, 0.25) is 5.91 Å². The molecule has 1 aromatic carbocycles. The quantitative estimate of drug-likeness (QED) is 0.772. The van der Waals surface area contributed by atoms with E-state index in [1.165, 1.54) is 4.90 Å². The number of amides is 2. The fourth-order valence-electron chi connectivity index (χ4n) is 1.67. The fraction of sp³-hybridized carbons (Fsp3) is 0.385. The predicted octanol–water partition coefficient (Wildman–Crippen LogP) is 0.723. The summed E-state index contributed by atoms with van der Waals surface area (Å²) in [5.74, 6) is -0.435. The van der Waals surface area contributed by atoms with Gasteiger partial charge in [-0.2, -0.15) is 0 Å². The molecule has 1 rings (SSSR count). The summed E-state index contributed by atoms with van der Waals surface area (Å²) in [6, 6.07) is 6.73. The van der Waals surface area contributed by atoms with Crippen LogP contribution in [0.1, 0.15) is 17.3 Å². The molecule has 2 amide bonds. The summed E-state index contributed by atoms with van der Waals surface area (Å²) in [6.07, 6.45) is 0. The molecule has 0 aliphatic heterocycles. The zero-order valence-electron chi connectivity index (χ0n) is 10.9. The van der Waals surface area contributed by atoms with Crippen LogP contribution in [0.3, 0.4) is 0 Å². The van der Waals surface area contributed by atoms with Crippen molar-refractivity contribution >= 4 is 17.5 Å². The molecule has 5 nitrogen and oxygen atoms in total. The molecule has 0 aliphatic rings. The highest BCUT2D eigenvalue weighted by molar-refractivity contribution is 5.94. The number of benzene rings is 1. The molecule has 0 saturated heterocycles. The van der Waals surface area contributed by atoms with Crippen LogP contribution < -0.4 is 11.1 Å². The van der Waals surface area contributed by atoms with E-state index in [4.69, 9.17) is 5.73 Å². The average Bonchev–Trinajstić information content (AvgIpc) is 2.37. The van der Waals surface area contributed by atoms with Gasteiger partial charge in [-0.05, 0) is 24.3 Å². The maximum Gasteiger partial charge on any atom is 0.253 e. The molecule has 0 radical (unpaired) electrons. The van der Waals surface area contributed by atoms with E-state index < -0.39 is 0 Å². The molecule has 0 saturated carbocycles. The van der Waals surface area contributed by atoms with Crippen molar-refractivity contribution in [2.75, 3.05) is 26.4 Å². The number of nitrogens with one attached hydrogen (secondary N) is 1. The number of rotatable bonds is 4. The van der Waals surface area contributed by atoms with Gasteiger partial charge in [0.05, 0.1) is 5.92 Å². The molecule has 18 heavy (non-hydrogen) atoms. The Hall–Kier alpha value is -2.04. The molecule has 0 aliphatic carbocycles. The Balaban J connectivity index is 2.67. The summed E-state index contributed by atoms with van der Waals surface area (Å²) in [6.45, 7) is 2.16. The number of hydrogen-bond acceptors (Lipinski definition) is 3. The zero-order valence-corrected chi connectivity index (χ0v) is 10.9. The molecule has 0 bridgehead atoms. The lowest BCUT2D eigenvalue weighted by atomic mass is 10.1. The van der Waals surface area contributed by atoms with Crippen LogP contribution in [-0.4, -0.2) is 37.4 Å². The van der Waals surface area contributed by atoms with Crippen LogP contribution in [0.25, 0.3) is 0 Å². The lowest BCUT2D eigenvalue weighted by molar-refractivity contribution is -0.124. The van der Waals surface area contributed by atoms with Crippen molar-refractivity contribution < 1.29 is 9.59 Å². The number of nitrogen functional groups attached to an aromatic ring is 1. The largest absolute Gasteiger partial charge is 0.399 e. The molecule has 1 atom stereocenters. The van der Waals surface area contributed by atoms with Crippen molar-refractivity contribution in [2.24, 2.45) is 5.92 Å². The molecule has 1 unspecified atom stereocenters. The van der Waals surface area contributed by atoms with E-state index in [-0.39, 0.29) is 17.7 Å². The number of carbonyl (C=O) groups excluding carboxylic acids is 2. The average molecular weight is 249 g/mol. The highest BCUT2D eigenvalue weighted by atomic mass is 16.2. The third-order valence-electron chi connectivity index (χ3n) is 2.75. The second-order valence-electron chi connectivity index (χ2n) is 4.32. The smallest absolute Gasteiger partial charge is 0.253 e. The first-order valence-electron chi connectivity index (χ1n) is 5.78. The van der Waals surface area contributed by atoms with Crippen LogP contribution in [0.2, 0.25) is 0 Å². The van der Waals surface area contributed by atoms with E-state index in [0.717, 1.165) is 0 Å². The Morgan fingerprint density at radius 3 is 2.39 bits per heavy atom. The topological polar surface area (TPSA) is 75.4 Å². The Kier molecular flexibility index (Phi) is 4.71. The number of anilines is 1. The van der Waals surface area contributed by atoms with E-state index >= 15 is 0 Å². The van der Waals surface area contributed by atoms with Crippen molar-refractivity contribution in [3.63, 3.8) is 0 Å². The number of nitrogens with zero attached hydrogens (tertiary/aromatic N) is 1. The Morgan fingerprint density at radius 1 is 1.33 bits per heavy atom. The van der Waals surface area contributed by atoms with Gasteiger partial charge < -0.3 is 16.0 Å². The van der Waals surface area contributed by atoms with Gasteiger partial charge in [-0.25, -0.2) is 0 Å². The number of carbonyl (C=O) groups is 2. The van der Waals surface area contributed by atoms with Crippen molar-refractivity contribution in [1.82, 2.24) is 10.2 Å². The van der Waals surface area contributed by atoms with Gasteiger partial charge in [0, 0.05) is 31.9 Å². The molecule has 0 fully saturated rings. The summed E-state index contributed by atoms with van der Waals surface area (Å²) in [5.41, 5.74) is 6.75. The minimum absolute atomic E-state index is 0.0769. The Labute approximate surface area is 107 Å². The van der Waals surface area contributed by atoms with Crippen LogP contribution in [0.15, 0.2) is 24.3 Å². The fourth-order valence-corrected chi connectivity index (χ4v) is 1.67. The molecule has 1 aromatic rings.